The van der Waals surface area contributed by atoms with Crippen LogP contribution >= 0.6 is 0 Å². The second-order valence-corrected chi connectivity index (χ2v) is 5.89. The number of anilines is 3. The number of rotatable bonds is 4. The predicted octanol–water partition coefficient (Wildman–Crippen LogP) is 2.85. The Balaban J connectivity index is 1.68. The van der Waals surface area contributed by atoms with Gasteiger partial charge in [0.05, 0.1) is 4.92 Å². The molecule has 9 nitrogen and oxygen atoms in total. The minimum absolute atomic E-state index is 0.109. The number of hydrogen-bond acceptors (Lipinski definition) is 8. The molecule has 0 radical (unpaired) electrons. The molecule has 9 heteroatoms. The van der Waals surface area contributed by atoms with E-state index < -0.39 is 4.92 Å². The van der Waals surface area contributed by atoms with Crippen molar-refractivity contribution in [1.29, 1.82) is 0 Å². The van der Waals surface area contributed by atoms with Crippen molar-refractivity contribution in [3.8, 4) is 11.5 Å². The molecule has 0 aliphatic carbocycles. The fraction of sp³-hybridized carbons (Fsp3) is 0.375. The summed E-state index contributed by atoms with van der Waals surface area (Å²) in [6, 6.07) is 5.25. The molecule has 2 aliphatic heterocycles. The van der Waals surface area contributed by atoms with E-state index in [1.165, 1.54) is 6.33 Å². The van der Waals surface area contributed by atoms with Gasteiger partial charge < -0.3 is 19.7 Å². The molecule has 0 amide bonds. The van der Waals surface area contributed by atoms with Crippen LogP contribution in [0.15, 0.2) is 24.5 Å². The first-order valence-electron chi connectivity index (χ1n) is 8.13. The zero-order chi connectivity index (χ0) is 17.2. The SMILES string of the molecule is O=[N+]([O-])c1c(Nc2ccc3c(c2)OCO3)ncnc1N1CCCCC1. The molecule has 130 valence electrons. The van der Waals surface area contributed by atoms with Gasteiger partial charge in [-0.05, 0) is 31.4 Å². The zero-order valence-electron chi connectivity index (χ0n) is 13.5. The van der Waals surface area contributed by atoms with Gasteiger partial charge in [0.25, 0.3) is 0 Å². The lowest BCUT2D eigenvalue weighted by Gasteiger charge is -2.27. The first-order chi connectivity index (χ1) is 12.2. The first-order valence-corrected chi connectivity index (χ1v) is 8.13. The van der Waals surface area contributed by atoms with E-state index in [2.05, 4.69) is 15.3 Å². The number of hydrogen-bond donors (Lipinski definition) is 1. The highest BCUT2D eigenvalue weighted by atomic mass is 16.7. The van der Waals surface area contributed by atoms with Crippen LogP contribution in [0.25, 0.3) is 0 Å². The minimum Gasteiger partial charge on any atom is -0.454 e. The van der Waals surface area contributed by atoms with Crippen molar-refractivity contribution in [1.82, 2.24) is 9.97 Å². The largest absolute Gasteiger partial charge is 0.454 e. The molecule has 4 rings (SSSR count). The standard InChI is InChI=1S/C16H17N5O4/c22-21(23)14-15(17-9-18-16(14)20-6-2-1-3-7-20)19-11-4-5-12-13(8-11)25-10-24-12/h4-5,8-9H,1-3,6-7,10H2,(H,17,18,19). The third-order valence-corrected chi connectivity index (χ3v) is 4.28. The van der Waals surface area contributed by atoms with Crippen LogP contribution in [0.1, 0.15) is 19.3 Å². The Morgan fingerprint density at radius 2 is 1.92 bits per heavy atom. The van der Waals surface area contributed by atoms with E-state index in [0.29, 0.717) is 23.0 Å². The van der Waals surface area contributed by atoms with Crippen LogP contribution < -0.4 is 19.7 Å². The van der Waals surface area contributed by atoms with E-state index in [-0.39, 0.29) is 18.3 Å². The monoisotopic (exact) mass is 343 g/mol. The molecular weight excluding hydrogens is 326 g/mol. The number of benzene rings is 1. The smallest absolute Gasteiger partial charge is 0.353 e. The first kappa shape index (κ1) is 15.4. The molecule has 1 saturated heterocycles. The maximum Gasteiger partial charge on any atom is 0.353 e. The maximum absolute atomic E-state index is 11.7. The lowest BCUT2D eigenvalue weighted by Crippen LogP contribution is -2.31. The van der Waals surface area contributed by atoms with E-state index >= 15 is 0 Å². The summed E-state index contributed by atoms with van der Waals surface area (Å²) >= 11 is 0. The van der Waals surface area contributed by atoms with Crippen LogP contribution in [0, 0.1) is 10.1 Å². The Morgan fingerprint density at radius 3 is 2.72 bits per heavy atom. The lowest BCUT2D eigenvalue weighted by molar-refractivity contribution is -0.383. The van der Waals surface area contributed by atoms with Crippen LogP contribution in [0.3, 0.4) is 0 Å². The summed E-state index contributed by atoms with van der Waals surface area (Å²) in [5.74, 6) is 1.78. The number of piperidine rings is 1. The second kappa shape index (κ2) is 6.42. The van der Waals surface area contributed by atoms with Crippen LogP contribution in [0.4, 0.5) is 23.0 Å². The lowest BCUT2D eigenvalue weighted by atomic mass is 10.1. The van der Waals surface area contributed by atoms with Crippen molar-refractivity contribution < 1.29 is 14.4 Å². The van der Waals surface area contributed by atoms with Crippen LogP contribution in [-0.4, -0.2) is 34.8 Å². The van der Waals surface area contributed by atoms with Gasteiger partial charge in [-0.2, -0.15) is 0 Å². The Labute approximate surface area is 143 Å². The number of aromatic nitrogens is 2. The molecule has 1 N–H and O–H groups in total. The molecule has 0 spiro atoms. The fourth-order valence-electron chi connectivity index (χ4n) is 3.08. The van der Waals surface area contributed by atoms with E-state index in [0.717, 1.165) is 32.4 Å². The van der Waals surface area contributed by atoms with Gasteiger partial charge in [-0.3, -0.25) is 10.1 Å². The molecule has 0 saturated carbocycles. The van der Waals surface area contributed by atoms with Crippen molar-refractivity contribution in [2.75, 3.05) is 30.1 Å². The fourth-order valence-corrected chi connectivity index (χ4v) is 3.08. The van der Waals surface area contributed by atoms with Gasteiger partial charge in [-0.25, -0.2) is 9.97 Å². The number of ether oxygens (including phenoxy) is 2. The van der Waals surface area contributed by atoms with Crippen LogP contribution in [-0.2, 0) is 0 Å². The van der Waals surface area contributed by atoms with Gasteiger partial charge in [-0.15, -0.1) is 0 Å². The average Bonchev–Trinajstić information content (AvgIpc) is 3.10. The summed E-state index contributed by atoms with van der Waals surface area (Å²) < 4.78 is 10.6. The summed E-state index contributed by atoms with van der Waals surface area (Å²) in [4.78, 5) is 21.5. The number of nitrogens with one attached hydrogen (secondary N) is 1. The van der Waals surface area contributed by atoms with E-state index in [9.17, 15) is 10.1 Å². The maximum atomic E-state index is 11.7. The van der Waals surface area contributed by atoms with Crippen LogP contribution in [0.5, 0.6) is 11.5 Å². The summed E-state index contributed by atoms with van der Waals surface area (Å²) in [6.07, 6.45) is 4.50. The molecule has 25 heavy (non-hydrogen) atoms. The quantitative estimate of drug-likeness (QED) is 0.668. The topological polar surface area (TPSA) is 103 Å². The van der Waals surface area contributed by atoms with Gasteiger partial charge >= 0.3 is 5.69 Å². The van der Waals surface area contributed by atoms with Crippen molar-refractivity contribution in [3.05, 3.63) is 34.6 Å². The zero-order valence-corrected chi connectivity index (χ0v) is 13.5. The molecule has 2 aliphatic rings. The average molecular weight is 343 g/mol. The molecule has 1 aromatic carbocycles. The Morgan fingerprint density at radius 1 is 1.12 bits per heavy atom. The van der Waals surface area contributed by atoms with Crippen molar-refractivity contribution in [2.24, 2.45) is 0 Å². The molecule has 2 aromatic rings. The predicted molar refractivity (Wildman–Crippen MR) is 90.6 cm³/mol. The van der Waals surface area contributed by atoms with Crippen molar-refractivity contribution in [3.63, 3.8) is 0 Å². The molecular formula is C16H17N5O4. The molecule has 0 bridgehead atoms. The van der Waals surface area contributed by atoms with Gasteiger partial charge in [0.1, 0.15) is 6.33 Å². The summed E-state index contributed by atoms with van der Waals surface area (Å²) in [7, 11) is 0. The normalized spacial score (nSPS) is 15.9. The van der Waals surface area contributed by atoms with Gasteiger partial charge in [0.2, 0.25) is 18.4 Å². The molecule has 3 heterocycles. The molecule has 0 atom stereocenters. The van der Waals surface area contributed by atoms with Crippen molar-refractivity contribution >= 4 is 23.0 Å². The Kier molecular flexibility index (Phi) is 3.96. The number of fused-ring (bicyclic) bond motifs is 1. The number of nitro groups is 1. The second-order valence-electron chi connectivity index (χ2n) is 5.89. The van der Waals surface area contributed by atoms with E-state index in [4.69, 9.17) is 9.47 Å². The number of nitrogens with zero attached hydrogens (tertiary/aromatic N) is 4. The third kappa shape index (κ3) is 3.00. The third-order valence-electron chi connectivity index (χ3n) is 4.28. The summed E-state index contributed by atoms with van der Waals surface area (Å²) in [5.41, 5.74) is 0.526. The molecule has 1 fully saturated rings. The van der Waals surface area contributed by atoms with Gasteiger partial charge in [-0.1, -0.05) is 0 Å². The van der Waals surface area contributed by atoms with Gasteiger partial charge in [0.15, 0.2) is 11.5 Å². The highest BCUT2D eigenvalue weighted by Crippen LogP contribution is 2.38. The highest BCUT2D eigenvalue weighted by Gasteiger charge is 2.28. The minimum atomic E-state index is -0.431. The Hall–Kier alpha value is -3.10. The summed E-state index contributed by atoms with van der Waals surface area (Å²) in [6.45, 7) is 1.70. The molecule has 0 unspecified atom stereocenters. The van der Waals surface area contributed by atoms with E-state index in [1.54, 1.807) is 18.2 Å². The molecule has 1 aromatic heterocycles. The van der Waals surface area contributed by atoms with E-state index in [1.807, 2.05) is 4.90 Å². The van der Waals surface area contributed by atoms with Crippen LogP contribution in [0.2, 0.25) is 0 Å². The summed E-state index contributed by atoms with van der Waals surface area (Å²) in [5, 5.41) is 14.7. The highest BCUT2D eigenvalue weighted by molar-refractivity contribution is 5.75. The Bertz CT molecular complexity index is 807. The van der Waals surface area contributed by atoms with Crippen molar-refractivity contribution in [2.45, 2.75) is 19.3 Å². The van der Waals surface area contributed by atoms with Gasteiger partial charge in [0, 0.05) is 24.8 Å².